The van der Waals surface area contributed by atoms with Gasteiger partial charge in [-0.25, -0.2) is 15.0 Å². The lowest BCUT2D eigenvalue weighted by molar-refractivity contribution is 0.668. The van der Waals surface area contributed by atoms with E-state index in [-0.39, 0.29) is 0 Å². The minimum atomic E-state index is 0.525. The second-order valence-electron chi connectivity index (χ2n) is 15.2. The molecule has 0 bridgehead atoms. The fourth-order valence-electron chi connectivity index (χ4n) is 9.06. The van der Waals surface area contributed by atoms with E-state index < -0.39 is 0 Å². The van der Waals surface area contributed by atoms with Gasteiger partial charge in [-0.3, -0.25) is 0 Å². The number of rotatable bonds is 4. The van der Waals surface area contributed by atoms with Gasteiger partial charge in [0, 0.05) is 38.1 Å². The Hall–Kier alpha value is -8.09. The number of hydrogen-bond donors (Lipinski definition) is 0. The van der Waals surface area contributed by atoms with Crippen molar-refractivity contribution in [3.8, 4) is 39.9 Å². The molecule has 0 aliphatic rings. The average molecular weight is 755 g/mol. The van der Waals surface area contributed by atoms with Crippen molar-refractivity contribution >= 4 is 87.2 Å². The molecule has 6 heteroatoms. The van der Waals surface area contributed by atoms with E-state index in [0.717, 1.165) is 88.1 Å². The van der Waals surface area contributed by atoms with Crippen LogP contribution in [0.4, 0.5) is 0 Å². The maximum Gasteiger partial charge on any atom is 0.167 e. The summed E-state index contributed by atoms with van der Waals surface area (Å²) >= 11 is 0. The Morgan fingerprint density at radius 3 is 1.81 bits per heavy atom. The minimum Gasteiger partial charge on any atom is -0.456 e. The molecule has 0 spiro atoms. The first-order valence-corrected chi connectivity index (χ1v) is 19.8. The Morgan fingerprint density at radius 2 is 0.983 bits per heavy atom. The Kier molecular flexibility index (Phi) is 6.63. The summed E-state index contributed by atoms with van der Waals surface area (Å²) in [7, 11) is 0. The SMILES string of the molecule is c1ccc2cc(-c3nc(-c4cc(-n5c6ccccc6c6cc7ccccc7cc65)c5c(c4)oc4ccccc45)nc(-c4cccc5c4oc4ccccc45)n3)ccc2c1. The van der Waals surface area contributed by atoms with Crippen LogP contribution in [0.1, 0.15) is 0 Å². The van der Waals surface area contributed by atoms with Crippen LogP contribution in [0.25, 0.3) is 127 Å². The van der Waals surface area contributed by atoms with Gasteiger partial charge >= 0.3 is 0 Å². The molecule has 0 saturated heterocycles. The summed E-state index contributed by atoms with van der Waals surface area (Å²) in [5.41, 5.74) is 8.81. The number of para-hydroxylation sites is 4. The van der Waals surface area contributed by atoms with Crippen molar-refractivity contribution in [2.45, 2.75) is 0 Å². The monoisotopic (exact) mass is 754 g/mol. The third-order valence-electron chi connectivity index (χ3n) is 11.8. The predicted octanol–water partition coefficient (Wildman–Crippen LogP) is 14.1. The summed E-state index contributed by atoms with van der Waals surface area (Å²) in [6.07, 6.45) is 0. The van der Waals surface area contributed by atoms with Gasteiger partial charge in [0.25, 0.3) is 0 Å². The fraction of sp³-hybridized carbons (Fsp3) is 0. The molecule has 4 aromatic heterocycles. The molecule has 59 heavy (non-hydrogen) atoms. The molecule has 0 amide bonds. The lowest BCUT2D eigenvalue weighted by atomic mass is 10.0. The highest BCUT2D eigenvalue weighted by molar-refractivity contribution is 6.17. The third-order valence-corrected chi connectivity index (χ3v) is 11.8. The highest BCUT2D eigenvalue weighted by atomic mass is 16.3. The Morgan fingerprint density at radius 1 is 0.356 bits per heavy atom. The average Bonchev–Trinajstić information content (AvgIpc) is 3.97. The van der Waals surface area contributed by atoms with Crippen LogP contribution in [0.2, 0.25) is 0 Å². The fourth-order valence-corrected chi connectivity index (χ4v) is 9.06. The second-order valence-corrected chi connectivity index (χ2v) is 15.2. The van der Waals surface area contributed by atoms with E-state index in [9.17, 15) is 0 Å². The van der Waals surface area contributed by atoms with E-state index in [1.807, 2.05) is 42.5 Å². The van der Waals surface area contributed by atoms with Crippen molar-refractivity contribution in [1.29, 1.82) is 0 Å². The molecule has 0 atom stereocenters. The van der Waals surface area contributed by atoms with E-state index in [2.05, 4.69) is 144 Å². The molecular formula is C53H30N4O2. The number of furan rings is 2. The molecule has 0 N–H and O–H groups in total. The molecule has 13 aromatic rings. The zero-order valence-corrected chi connectivity index (χ0v) is 31.4. The van der Waals surface area contributed by atoms with Crippen LogP contribution in [-0.4, -0.2) is 19.5 Å². The summed E-state index contributed by atoms with van der Waals surface area (Å²) in [6.45, 7) is 0. The Labute approximate surface area is 336 Å². The van der Waals surface area contributed by atoms with Crippen LogP contribution >= 0.6 is 0 Å². The number of aromatic nitrogens is 4. The van der Waals surface area contributed by atoms with Crippen LogP contribution < -0.4 is 0 Å². The summed E-state index contributed by atoms with van der Waals surface area (Å²) in [5, 5.41) is 11.1. The lowest BCUT2D eigenvalue weighted by Crippen LogP contribution is -2.02. The normalized spacial score (nSPS) is 12.1. The van der Waals surface area contributed by atoms with Crippen molar-refractivity contribution in [1.82, 2.24) is 19.5 Å². The summed E-state index contributed by atoms with van der Waals surface area (Å²) in [4.78, 5) is 15.8. The Bertz CT molecular complexity index is 3870. The largest absolute Gasteiger partial charge is 0.456 e. The van der Waals surface area contributed by atoms with E-state index in [4.69, 9.17) is 23.8 Å². The van der Waals surface area contributed by atoms with E-state index in [1.54, 1.807) is 0 Å². The molecule has 6 nitrogen and oxygen atoms in total. The molecule has 274 valence electrons. The maximum atomic E-state index is 6.72. The molecule has 0 fully saturated rings. The Balaban J connectivity index is 1.13. The van der Waals surface area contributed by atoms with Gasteiger partial charge in [-0.1, -0.05) is 127 Å². The molecule has 0 unspecified atom stereocenters. The zero-order chi connectivity index (χ0) is 38.6. The van der Waals surface area contributed by atoms with Crippen molar-refractivity contribution < 1.29 is 8.83 Å². The van der Waals surface area contributed by atoms with Gasteiger partial charge in [0.15, 0.2) is 17.5 Å². The first-order chi connectivity index (χ1) is 29.2. The van der Waals surface area contributed by atoms with Gasteiger partial charge in [0.05, 0.1) is 27.7 Å². The van der Waals surface area contributed by atoms with Gasteiger partial charge in [-0.05, 0) is 76.1 Å². The number of nitrogens with zero attached hydrogens (tertiary/aromatic N) is 4. The van der Waals surface area contributed by atoms with Crippen LogP contribution in [0.15, 0.2) is 191 Å². The van der Waals surface area contributed by atoms with E-state index >= 15 is 0 Å². The van der Waals surface area contributed by atoms with Crippen molar-refractivity contribution in [3.05, 3.63) is 182 Å². The zero-order valence-electron chi connectivity index (χ0n) is 31.4. The smallest absolute Gasteiger partial charge is 0.167 e. The first kappa shape index (κ1) is 32.0. The summed E-state index contributed by atoms with van der Waals surface area (Å²) in [5.74, 6) is 1.62. The van der Waals surface area contributed by atoms with Crippen LogP contribution in [0, 0.1) is 0 Å². The van der Waals surface area contributed by atoms with E-state index in [0.29, 0.717) is 17.5 Å². The van der Waals surface area contributed by atoms with Crippen LogP contribution in [-0.2, 0) is 0 Å². The van der Waals surface area contributed by atoms with Gasteiger partial charge in [-0.15, -0.1) is 0 Å². The molecule has 0 aliphatic carbocycles. The van der Waals surface area contributed by atoms with Crippen molar-refractivity contribution in [2.24, 2.45) is 0 Å². The molecule has 13 rings (SSSR count). The number of benzene rings is 9. The minimum absolute atomic E-state index is 0.525. The van der Waals surface area contributed by atoms with Crippen molar-refractivity contribution in [3.63, 3.8) is 0 Å². The summed E-state index contributed by atoms with van der Waals surface area (Å²) in [6, 6.07) is 63.4. The van der Waals surface area contributed by atoms with Crippen LogP contribution in [0.3, 0.4) is 0 Å². The molecular weight excluding hydrogens is 725 g/mol. The van der Waals surface area contributed by atoms with E-state index in [1.165, 1.54) is 21.5 Å². The molecule has 0 radical (unpaired) electrons. The van der Waals surface area contributed by atoms with Gasteiger partial charge in [0.2, 0.25) is 0 Å². The topological polar surface area (TPSA) is 69.9 Å². The first-order valence-electron chi connectivity index (χ1n) is 19.8. The predicted molar refractivity (Wildman–Crippen MR) is 240 cm³/mol. The van der Waals surface area contributed by atoms with Gasteiger partial charge < -0.3 is 13.4 Å². The van der Waals surface area contributed by atoms with Crippen LogP contribution in [0.5, 0.6) is 0 Å². The second kappa shape index (κ2) is 12.2. The number of hydrogen-bond acceptors (Lipinski definition) is 5. The molecule has 0 saturated carbocycles. The highest BCUT2D eigenvalue weighted by Crippen LogP contribution is 2.42. The van der Waals surface area contributed by atoms with Gasteiger partial charge in [-0.2, -0.15) is 0 Å². The number of fused-ring (bicyclic) bond motifs is 11. The molecule has 4 heterocycles. The van der Waals surface area contributed by atoms with Gasteiger partial charge in [0.1, 0.15) is 22.3 Å². The maximum absolute atomic E-state index is 6.72. The lowest BCUT2D eigenvalue weighted by Gasteiger charge is -2.13. The highest BCUT2D eigenvalue weighted by Gasteiger charge is 2.23. The quantitative estimate of drug-likeness (QED) is 0.179. The summed E-state index contributed by atoms with van der Waals surface area (Å²) < 4.78 is 15.6. The molecule has 0 aliphatic heterocycles. The van der Waals surface area contributed by atoms with Crippen molar-refractivity contribution in [2.75, 3.05) is 0 Å². The third kappa shape index (κ3) is 4.84. The standard InChI is InChI=1S/C53H30N4O2/c1-2-13-32-26-35(25-24-31(32)12-1)51-54-52(56-53(55-51)41-20-11-19-39-38-17-6-9-22-46(38)59-50(39)41)36-29-45(49-40-18-7-10-23-47(40)58-48(49)30-36)57-43-21-8-5-16-37(43)42-27-33-14-3-4-15-34(33)28-44(42)57/h1-30H. The molecule has 9 aromatic carbocycles.